The molecule has 0 spiro atoms. The lowest BCUT2D eigenvalue weighted by Gasteiger charge is -2.46. The van der Waals surface area contributed by atoms with E-state index in [1.165, 1.54) is 6.92 Å². The second-order valence-corrected chi connectivity index (χ2v) is 9.79. The average molecular weight is 491 g/mol. The van der Waals surface area contributed by atoms with Crippen molar-refractivity contribution >= 4 is 29.8 Å². The van der Waals surface area contributed by atoms with Gasteiger partial charge in [0.2, 0.25) is 0 Å². The van der Waals surface area contributed by atoms with Gasteiger partial charge in [-0.05, 0) is 37.7 Å². The molecule has 4 aliphatic carbocycles. The molecule has 7 atom stereocenters. The Morgan fingerprint density at radius 3 is 2.11 bits per heavy atom. The first kappa shape index (κ1) is 24.9. The number of carbonyl (C=O) groups excluding carboxylic acids is 3. The smallest absolute Gasteiger partial charge is 0.324 e. The Hall–Kier alpha value is -3.17. The molecule has 0 unspecified atom stereocenters. The fraction of sp³-hybridized carbons (Fsp3) is 0.640. The summed E-state index contributed by atoms with van der Waals surface area (Å²) in [4.78, 5) is 64.0. The number of ether oxygens (including phenoxy) is 3. The summed E-state index contributed by atoms with van der Waals surface area (Å²) in [5, 5.41) is 20.6. The van der Waals surface area contributed by atoms with E-state index in [4.69, 9.17) is 14.2 Å². The van der Waals surface area contributed by atoms with Gasteiger partial charge in [0, 0.05) is 24.7 Å². The monoisotopic (exact) mass is 490 g/mol. The second-order valence-electron chi connectivity index (χ2n) is 9.79. The molecule has 4 rings (SSSR count). The lowest BCUT2D eigenvalue weighted by Crippen LogP contribution is -2.56. The lowest BCUT2D eigenvalue weighted by molar-refractivity contribution is -0.183. The van der Waals surface area contributed by atoms with E-state index in [-0.39, 0.29) is 6.42 Å². The van der Waals surface area contributed by atoms with Crippen LogP contribution in [0.2, 0.25) is 0 Å². The Kier molecular flexibility index (Phi) is 6.50. The van der Waals surface area contributed by atoms with Crippen molar-refractivity contribution in [2.45, 2.75) is 45.1 Å². The van der Waals surface area contributed by atoms with Gasteiger partial charge in [0.25, 0.3) is 0 Å². The van der Waals surface area contributed by atoms with Crippen LogP contribution in [0.4, 0.5) is 0 Å². The standard InChI is InChI=1S/C25H30O10/c1-11(26)35-12-8-9-15-16(10-12)25(23(31)33-2,24(32)34-3)20-17(15)13-6-4-5-7-14(13)18(21(27)28)19(20)22(29)30/h8-9,12,14-16,18-20H,4-7,10H2,1-3H3,(H,27,28)(H,29,30)/t12-,14+,15-,16+,18+,19+,20-/m0/s1. The quantitative estimate of drug-likeness (QED) is 0.253. The number of rotatable bonds is 5. The van der Waals surface area contributed by atoms with Crippen LogP contribution in [-0.2, 0) is 38.2 Å². The molecule has 0 bridgehead atoms. The van der Waals surface area contributed by atoms with Crippen molar-refractivity contribution in [1.82, 2.24) is 0 Å². The minimum atomic E-state index is -2.10. The highest BCUT2D eigenvalue weighted by Gasteiger charge is 2.74. The molecule has 190 valence electrons. The zero-order valence-electron chi connectivity index (χ0n) is 19.9. The summed E-state index contributed by atoms with van der Waals surface area (Å²) >= 11 is 0. The highest BCUT2D eigenvalue weighted by molar-refractivity contribution is 6.03. The third kappa shape index (κ3) is 3.56. The topological polar surface area (TPSA) is 154 Å². The predicted octanol–water partition coefficient (Wildman–Crippen LogP) is 1.97. The zero-order valence-corrected chi connectivity index (χ0v) is 19.9. The minimum Gasteiger partial charge on any atom is -0.481 e. The number of allylic oxidation sites excluding steroid dienone is 3. The summed E-state index contributed by atoms with van der Waals surface area (Å²) in [5.74, 6) is -11.1. The third-order valence-corrected chi connectivity index (χ3v) is 8.37. The number of esters is 3. The first-order valence-electron chi connectivity index (χ1n) is 11.8. The number of aliphatic carboxylic acids is 2. The molecule has 0 saturated heterocycles. The highest BCUT2D eigenvalue weighted by Crippen LogP contribution is 2.67. The number of carboxylic acids is 2. The van der Waals surface area contributed by atoms with Gasteiger partial charge in [-0.2, -0.15) is 0 Å². The summed E-state index contributed by atoms with van der Waals surface area (Å²) in [6.07, 6.45) is 5.42. The first-order chi connectivity index (χ1) is 16.6. The van der Waals surface area contributed by atoms with E-state index in [1.54, 1.807) is 12.2 Å². The van der Waals surface area contributed by atoms with Gasteiger partial charge in [0.15, 0.2) is 5.41 Å². The van der Waals surface area contributed by atoms with E-state index in [0.717, 1.165) is 32.6 Å². The molecule has 2 N–H and O–H groups in total. The summed E-state index contributed by atoms with van der Waals surface area (Å²) in [5.41, 5.74) is -0.636. The van der Waals surface area contributed by atoms with Crippen LogP contribution in [0.5, 0.6) is 0 Å². The molecule has 0 heterocycles. The fourth-order valence-corrected chi connectivity index (χ4v) is 7.37. The molecule has 10 nitrogen and oxygen atoms in total. The van der Waals surface area contributed by atoms with Crippen molar-refractivity contribution < 1.29 is 48.4 Å². The summed E-state index contributed by atoms with van der Waals surface area (Å²) < 4.78 is 15.6. The maximum Gasteiger partial charge on any atom is 0.324 e. The summed E-state index contributed by atoms with van der Waals surface area (Å²) in [7, 11) is 2.21. The van der Waals surface area contributed by atoms with Gasteiger partial charge in [-0.15, -0.1) is 0 Å². The number of hydrogen-bond acceptors (Lipinski definition) is 8. The van der Waals surface area contributed by atoms with Crippen LogP contribution in [0.15, 0.2) is 23.3 Å². The molecule has 4 aliphatic rings. The van der Waals surface area contributed by atoms with Gasteiger partial charge < -0.3 is 24.4 Å². The Morgan fingerprint density at radius 2 is 1.57 bits per heavy atom. The number of carbonyl (C=O) groups is 5. The van der Waals surface area contributed by atoms with Gasteiger partial charge in [0.05, 0.1) is 26.1 Å². The van der Waals surface area contributed by atoms with Gasteiger partial charge in [-0.1, -0.05) is 23.6 Å². The molecular weight excluding hydrogens is 460 g/mol. The molecule has 0 aromatic rings. The van der Waals surface area contributed by atoms with Gasteiger partial charge in [0.1, 0.15) is 6.10 Å². The van der Waals surface area contributed by atoms with Crippen LogP contribution in [0, 0.1) is 40.9 Å². The molecule has 0 aromatic heterocycles. The SMILES string of the molecule is COC(=O)C1(C(=O)OC)[C@@H]2C[C@@H](OC(C)=O)C=C[C@@H]2C2=C3CCCC[C@H]3[C@@H](C(=O)O)[C@@H](C(=O)O)[C@H]21. The van der Waals surface area contributed by atoms with Crippen molar-refractivity contribution in [3.8, 4) is 0 Å². The van der Waals surface area contributed by atoms with E-state index in [9.17, 15) is 34.2 Å². The predicted molar refractivity (Wildman–Crippen MR) is 117 cm³/mol. The Bertz CT molecular complexity index is 1010. The number of fused-ring (bicyclic) bond motifs is 4. The third-order valence-electron chi connectivity index (χ3n) is 8.37. The molecular formula is C25H30O10. The van der Waals surface area contributed by atoms with Gasteiger partial charge in [-0.25, -0.2) is 0 Å². The highest BCUT2D eigenvalue weighted by atomic mass is 16.6. The van der Waals surface area contributed by atoms with Crippen molar-refractivity contribution in [1.29, 1.82) is 0 Å². The molecule has 0 aromatic carbocycles. The Morgan fingerprint density at radius 1 is 0.943 bits per heavy atom. The summed E-state index contributed by atoms with van der Waals surface area (Å²) in [6, 6.07) is 0. The fourth-order valence-electron chi connectivity index (χ4n) is 7.37. The van der Waals surface area contributed by atoms with Crippen molar-refractivity contribution in [3.05, 3.63) is 23.3 Å². The van der Waals surface area contributed by atoms with Crippen LogP contribution in [0.25, 0.3) is 0 Å². The van der Waals surface area contributed by atoms with Crippen LogP contribution in [0.1, 0.15) is 39.0 Å². The number of carboxylic acid groups (broad SMARTS) is 2. The number of hydrogen-bond donors (Lipinski definition) is 2. The molecule has 2 fully saturated rings. The average Bonchev–Trinajstić information content (AvgIpc) is 3.12. The molecule has 35 heavy (non-hydrogen) atoms. The van der Waals surface area contributed by atoms with Gasteiger partial charge in [-0.3, -0.25) is 24.0 Å². The van der Waals surface area contributed by atoms with Crippen molar-refractivity contribution in [2.75, 3.05) is 14.2 Å². The molecule has 10 heteroatoms. The first-order valence-corrected chi connectivity index (χ1v) is 11.8. The number of methoxy groups -OCH3 is 2. The molecule has 0 radical (unpaired) electrons. The van der Waals surface area contributed by atoms with Crippen LogP contribution in [-0.4, -0.2) is 60.4 Å². The molecule has 0 amide bonds. The normalized spacial score (nSPS) is 34.7. The van der Waals surface area contributed by atoms with E-state index >= 15 is 0 Å². The lowest BCUT2D eigenvalue weighted by atomic mass is 9.55. The van der Waals surface area contributed by atoms with E-state index < -0.39 is 76.9 Å². The van der Waals surface area contributed by atoms with Crippen LogP contribution >= 0.6 is 0 Å². The van der Waals surface area contributed by atoms with E-state index in [2.05, 4.69) is 0 Å². The van der Waals surface area contributed by atoms with E-state index in [1.807, 2.05) is 0 Å². The molecule has 2 saturated carbocycles. The van der Waals surface area contributed by atoms with Crippen LogP contribution < -0.4 is 0 Å². The second kappa shape index (κ2) is 9.13. The van der Waals surface area contributed by atoms with Crippen molar-refractivity contribution in [2.24, 2.45) is 40.9 Å². The minimum absolute atomic E-state index is 0.0625. The molecule has 0 aliphatic heterocycles. The maximum absolute atomic E-state index is 13.6. The zero-order chi connectivity index (χ0) is 25.7. The van der Waals surface area contributed by atoms with Crippen LogP contribution in [0.3, 0.4) is 0 Å². The van der Waals surface area contributed by atoms with Gasteiger partial charge >= 0.3 is 29.8 Å². The maximum atomic E-state index is 13.6. The largest absolute Gasteiger partial charge is 0.481 e. The Balaban J connectivity index is 2.05. The van der Waals surface area contributed by atoms with E-state index in [0.29, 0.717) is 18.4 Å². The summed E-state index contributed by atoms with van der Waals surface area (Å²) in [6.45, 7) is 1.25. The Labute approximate surface area is 202 Å². The van der Waals surface area contributed by atoms with Crippen molar-refractivity contribution in [3.63, 3.8) is 0 Å².